The Bertz CT molecular complexity index is 1300. The van der Waals surface area contributed by atoms with Crippen LogP contribution < -0.4 is 9.47 Å². The van der Waals surface area contributed by atoms with E-state index in [0.717, 1.165) is 56.8 Å². The van der Waals surface area contributed by atoms with Crippen molar-refractivity contribution < 1.29 is 18.7 Å². The van der Waals surface area contributed by atoms with Gasteiger partial charge >= 0.3 is 0 Å². The largest absolute Gasteiger partial charge is 0.454 e. The molecular weight excluding hydrogens is 491 g/mol. The molecule has 2 atom stereocenters. The van der Waals surface area contributed by atoms with Crippen LogP contribution in [0, 0.1) is 18.7 Å². The van der Waals surface area contributed by atoms with Crippen molar-refractivity contribution in [1.82, 2.24) is 9.80 Å². The van der Waals surface area contributed by atoms with E-state index in [2.05, 4.69) is 53.1 Å². The maximum absolute atomic E-state index is 13.9. The standard InChI is InChI=1S/C33H37FN2O3/c1-23-7-5-6-10-29(23)30-21-35(18-24-11-16-31-32(17-24)39-22-38-31)19-26(30)20-36(28-8-3-2-4-9-28)33(37)25-12-14-27(34)15-13-25/h5-7,10-17,26,28,30H,2-4,8-9,18-22H2,1H3/t26-,30+/m1/s1. The van der Waals surface area contributed by atoms with Crippen LogP contribution in [-0.4, -0.2) is 48.2 Å². The number of rotatable bonds is 7. The Kier molecular flexibility index (Phi) is 7.55. The molecule has 5 nitrogen and oxygen atoms in total. The maximum atomic E-state index is 13.9. The first kappa shape index (κ1) is 25.9. The monoisotopic (exact) mass is 528 g/mol. The van der Waals surface area contributed by atoms with Gasteiger partial charge in [0.15, 0.2) is 11.5 Å². The van der Waals surface area contributed by atoms with Crippen LogP contribution in [-0.2, 0) is 6.54 Å². The Morgan fingerprint density at radius 2 is 1.72 bits per heavy atom. The summed E-state index contributed by atoms with van der Waals surface area (Å²) in [6.45, 7) is 5.84. The molecule has 0 N–H and O–H groups in total. The summed E-state index contributed by atoms with van der Waals surface area (Å²) >= 11 is 0. The van der Waals surface area contributed by atoms with Crippen molar-refractivity contribution in [2.24, 2.45) is 5.92 Å². The van der Waals surface area contributed by atoms with Gasteiger partial charge in [-0.25, -0.2) is 4.39 Å². The maximum Gasteiger partial charge on any atom is 0.254 e. The van der Waals surface area contributed by atoms with Crippen LogP contribution in [0.4, 0.5) is 4.39 Å². The molecule has 39 heavy (non-hydrogen) atoms. The van der Waals surface area contributed by atoms with Crippen molar-refractivity contribution in [1.29, 1.82) is 0 Å². The first-order chi connectivity index (χ1) is 19.0. The van der Waals surface area contributed by atoms with Crippen LogP contribution in [0.25, 0.3) is 0 Å². The van der Waals surface area contributed by atoms with E-state index in [9.17, 15) is 9.18 Å². The Morgan fingerprint density at radius 1 is 0.949 bits per heavy atom. The molecule has 0 radical (unpaired) electrons. The number of benzene rings is 3. The summed E-state index contributed by atoms with van der Waals surface area (Å²) in [6, 6.07) is 21.2. The van der Waals surface area contributed by atoms with Gasteiger partial charge in [-0.15, -0.1) is 0 Å². The zero-order chi connectivity index (χ0) is 26.8. The molecule has 1 aliphatic carbocycles. The minimum absolute atomic E-state index is 0.0275. The highest BCUT2D eigenvalue weighted by atomic mass is 19.1. The molecule has 3 aromatic rings. The lowest BCUT2D eigenvalue weighted by molar-refractivity contribution is 0.0588. The molecule has 1 saturated carbocycles. The fraction of sp³-hybridized carbons (Fsp3) is 0.424. The molecule has 1 saturated heterocycles. The van der Waals surface area contributed by atoms with Crippen molar-refractivity contribution in [2.45, 2.75) is 57.5 Å². The van der Waals surface area contributed by atoms with Gasteiger partial charge < -0.3 is 14.4 Å². The Labute approximate surface area is 230 Å². The van der Waals surface area contributed by atoms with E-state index < -0.39 is 0 Å². The van der Waals surface area contributed by atoms with Gasteiger partial charge in [-0.05, 0) is 78.8 Å². The van der Waals surface area contributed by atoms with Crippen molar-refractivity contribution >= 4 is 5.91 Å². The molecule has 3 aliphatic rings. The molecular formula is C33H37FN2O3. The Hall–Kier alpha value is -3.38. The van der Waals surface area contributed by atoms with Gasteiger partial charge in [0.2, 0.25) is 6.79 Å². The van der Waals surface area contributed by atoms with Gasteiger partial charge in [0.25, 0.3) is 5.91 Å². The smallest absolute Gasteiger partial charge is 0.254 e. The van der Waals surface area contributed by atoms with E-state index in [0.29, 0.717) is 23.9 Å². The van der Waals surface area contributed by atoms with E-state index in [1.165, 1.54) is 35.2 Å². The third-order valence-electron chi connectivity index (χ3n) is 8.75. The second kappa shape index (κ2) is 11.4. The Balaban J connectivity index is 1.27. The van der Waals surface area contributed by atoms with E-state index in [-0.39, 0.29) is 24.6 Å². The minimum Gasteiger partial charge on any atom is -0.454 e. The molecule has 6 rings (SSSR count). The molecule has 204 valence electrons. The average molecular weight is 529 g/mol. The van der Waals surface area contributed by atoms with Gasteiger partial charge in [0, 0.05) is 43.7 Å². The van der Waals surface area contributed by atoms with E-state index in [1.54, 1.807) is 12.1 Å². The lowest BCUT2D eigenvalue weighted by Gasteiger charge is -2.37. The fourth-order valence-corrected chi connectivity index (χ4v) is 6.73. The lowest BCUT2D eigenvalue weighted by Crippen LogP contribution is -2.45. The number of ether oxygens (including phenoxy) is 2. The summed E-state index contributed by atoms with van der Waals surface area (Å²) < 4.78 is 24.8. The van der Waals surface area contributed by atoms with Gasteiger partial charge in [-0.1, -0.05) is 49.6 Å². The molecule has 2 aliphatic heterocycles. The Morgan fingerprint density at radius 3 is 2.51 bits per heavy atom. The predicted octanol–water partition coefficient (Wildman–Crippen LogP) is 6.55. The third kappa shape index (κ3) is 5.67. The van der Waals surface area contributed by atoms with Gasteiger partial charge in [-0.2, -0.15) is 0 Å². The highest BCUT2D eigenvalue weighted by Gasteiger charge is 2.38. The summed E-state index contributed by atoms with van der Waals surface area (Å²) in [4.78, 5) is 18.5. The van der Waals surface area contributed by atoms with Crippen molar-refractivity contribution in [3.05, 3.63) is 94.8 Å². The topological polar surface area (TPSA) is 42.0 Å². The number of likely N-dealkylation sites (tertiary alicyclic amines) is 1. The summed E-state index contributed by atoms with van der Waals surface area (Å²) in [5.41, 5.74) is 4.44. The highest BCUT2D eigenvalue weighted by Crippen LogP contribution is 2.38. The first-order valence-corrected chi connectivity index (χ1v) is 14.3. The van der Waals surface area contributed by atoms with Crippen LogP contribution in [0.5, 0.6) is 11.5 Å². The van der Waals surface area contributed by atoms with E-state index in [4.69, 9.17) is 9.47 Å². The number of hydrogen-bond donors (Lipinski definition) is 0. The van der Waals surface area contributed by atoms with Crippen LogP contribution in [0.15, 0.2) is 66.7 Å². The third-order valence-corrected chi connectivity index (χ3v) is 8.75. The molecule has 6 heteroatoms. The van der Waals surface area contributed by atoms with Gasteiger partial charge in [-0.3, -0.25) is 9.69 Å². The van der Waals surface area contributed by atoms with Gasteiger partial charge in [0.05, 0.1) is 0 Å². The number of amides is 1. The molecule has 0 spiro atoms. The number of fused-ring (bicyclic) bond motifs is 1. The number of nitrogens with zero attached hydrogens (tertiary/aromatic N) is 2. The molecule has 0 unspecified atom stereocenters. The van der Waals surface area contributed by atoms with Crippen molar-refractivity contribution in [3.63, 3.8) is 0 Å². The zero-order valence-corrected chi connectivity index (χ0v) is 22.7. The normalized spacial score (nSPS) is 21.3. The predicted molar refractivity (Wildman–Crippen MR) is 150 cm³/mol. The second-order valence-corrected chi connectivity index (χ2v) is 11.4. The molecule has 1 amide bonds. The number of carbonyl (C=O) groups excluding carboxylic acids is 1. The van der Waals surface area contributed by atoms with E-state index in [1.807, 2.05) is 6.07 Å². The van der Waals surface area contributed by atoms with Crippen LogP contribution in [0.3, 0.4) is 0 Å². The van der Waals surface area contributed by atoms with E-state index >= 15 is 0 Å². The first-order valence-electron chi connectivity index (χ1n) is 14.3. The van der Waals surface area contributed by atoms with Crippen LogP contribution in [0.2, 0.25) is 0 Å². The molecule has 2 heterocycles. The van der Waals surface area contributed by atoms with Crippen LogP contribution in [0.1, 0.15) is 65.1 Å². The minimum atomic E-state index is -0.315. The quantitative estimate of drug-likeness (QED) is 0.349. The van der Waals surface area contributed by atoms with Crippen molar-refractivity contribution in [2.75, 3.05) is 26.4 Å². The number of carbonyl (C=O) groups is 1. The SMILES string of the molecule is Cc1ccccc1[C@H]1CN(Cc2ccc3c(c2)OCO3)C[C@@H]1CN(C(=O)c1ccc(F)cc1)C1CCCCC1. The molecule has 0 bridgehead atoms. The summed E-state index contributed by atoms with van der Waals surface area (Å²) in [6.07, 6.45) is 5.61. The second-order valence-electron chi connectivity index (χ2n) is 11.4. The number of hydrogen-bond acceptors (Lipinski definition) is 4. The van der Waals surface area contributed by atoms with Crippen LogP contribution >= 0.6 is 0 Å². The number of halogens is 1. The summed E-state index contributed by atoms with van der Waals surface area (Å²) in [7, 11) is 0. The fourth-order valence-electron chi connectivity index (χ4n) is 6.73. The van der Waals surface area contributed by atoms with Gasteiger partial charge in [0.1, 0.15) is 5.82 Å². The summed E-state index contributed by atoms with van der Waals surface area (Å²) in [5, 5.41) is 0. The zero-order valence-electron chi connectivity index (χ0n) is 22.7. The summed E-state index contributed by atoms with van der Waals surface area (Å²) in [5.74, 6) is 1.95. The van der Waals surface area contributed by atoms with Crippen molar-refractivity contribution in [3.8, 4) is 11.5 Å². The molecule has 0 aromatic heterocycles. The number of aryl methyl sites for hydroxylation is 1. The molecule has 2 fully saturated rings. The lowest BCUT2D eigenvalue weighted by atomic mass is 9.85. The molecule has 3 aromatic carbocycles. The average Bonchev–Trinajstić information content (AvgIpc) is 3.59. The highest BCUT2D eigenvalue weighted by molar-refractivity contribution is 5.94.